The van der Waals surface area contributed by atoms with Gasteiger partial charge in [-0.25, -0.2) is 14.7 Å². The molecule has 0 aromatic rings. The first kappa shape index (κ1) is 10.3. The number of alkyl halides is 2. The van der Waals surface area contributed by atoms with Crippen molar-refractivity contribution in [3.63, 3.8) is 0 Å². The number of hydrogen-bond donors (Lipinski definition) is 0. The van der Waals surface area contributed by atoms with Crippen LogP contribution in [0.3, 0.4) is 0 Å². The summed E-state index contributed by atoms with van der Waals surface area (Å²) in [4.78, 5) is 8.89. The maximum absolute atomic E-state index is 6.67. The third kappa shape index (κ3) is 1.30. The molecule has 0 aromatic heterocycles. The summed E-state index contributed by atoms with van der Waals surface area (Å²) in [5.41, 5.74) is -0.0877. The van der Waals surface area contributed by atoms with Crippen LogP contribution in [0.2, 0.25) is 0 Å². The number of hydrogen-bond acceptors (Lipinski definition) is 4. The van der Waals surface area contributed by atoms with E-state index < -0.39 is 5.12 Å². The average Bonchev–Trinajstić information content (AvgIpc) is 2.21. The zero-order valence-electron chi connectivity index (χ0n) is 8.44. The van der Waals surface area contributed by atoms with Gasteiger partial charge in [0, 0.05) is 6.42 Å². The van der Waals surface area contributed by atoms with Crippen LogP contribution < -0.4 is 0 Å². The zero-order chi connectivity index (χ0) is 10.6. The second-order valence-electron chi connectivity index (χ2n) is 4.36. The normalized spacial score (nSPS) is 57.1. The quantitative estimate of drug-likeness (QED) is 0.412. The van der Waals surface area contributed by atoms with Crippen LogP contribution in [0.5, 0.6) is 0 Å². The van der Waals surface area contributed by atoms with Gasteiger partial charge in [-0.15, -0.1) is 6.58 Å². The highest BCUT2D eigenvalue weighted by molar-refractivity contribution is 6.25. The van der Waals surface area contributed by atoms with Crippen LogP contribution in [0, 0.1) is 0 Å². The molecule has 84 valence electrons. The molecule has 4 heterocycles. The van der Waals surface area contributed by atoms with Crippen molar-refractivity contribution in [1.29, 1.82) is 0 Å². The Morgan fingerprint density at radius 2 is 2.13 bits per heavy atom. The predicted octanol–water partition coefficient (Wildman–Crippen LogP) is 1.06. The average molecular weight is 249 g/mol. The molecule has 6 atom stereocenters. The highest BCUT2D eigenvalue weighted by atomic mass is 35.5. The van der Waals surface area contributed by atoms with Gasteiger partial charge in [-0.3, -0.25) is 4.90 Å². The molecular formula is C9H14Cl2N4. The van der Waals surface area contributed by atoms with Crippen molar-refractivity contribution in [1.82, 2.24) is 19.6 Å². The van der Waals surface area contributed by atoms with Gasteiger partial charge in [0.2, 0.25) is 0 Å². The van der Waals surface area contributed by atoms with Gasteiger partial charge in [0.25, 0.3) is 0 Å². The molecule has 4 nitrogen and oxygen atoms in total. The lowest BCUT2D eigenvalue weighted by Gasteiger charge is -2.65. The molecule has 4 fully saturated rings. The van der Waals surface area contributed by atoms with Gasteiger partial charge in [-0.05, 0) is 0 Å². The highest BCUT2D eigenvalue weighted by Gasteiger charge is 2.56. The number of rotatable bonds is 2. The molecule has 0 N–H and O–H groups in total. The topological polar surface area (TPSA) is 13.0 Å². The van der Waals surface area contributed by atoms with Crippen molar-refractivity contribution in [3.05, 3.63) is 12.7 Å². The molecule has 4 rings (SSSR count). The first-order valence-corrected chi connectivity index (χ1v) is 5.89. The molecule has 4 saturated heterocycles. The van der Waals surface area contributed by atoms with Gasteiger partial charge in [0.1, 0.15) is 5.62 Å². The Balaban J connectivity index is 1.94. The Morgan fingerprint density at radius 3 is 2.87 bits per heavy atom. The minimum atomic E-state index is -0.471. The monoisotopic (exact) mass is 248 g/mol. The summed E-state index contributed by atoms with van der Waals surface area (Å²) < 4.78 is 0. The fourth-order valence-corrected chi connectivity index (χ4v) is 3.41. The highest BCUT2D eigenvalue weighted by Crippen LogP contribution is 2.43. The largest absolute Gasteiger partial charge is 0.264 e. The first-order valence-electron chi connectivity index (χ1n) is 5.07. The number of halogens is 2. The minimum absolute atomic E-state index is 0.0877. The molecule has 0 radical (unpaired) electrons. The molecule has 0 amide bonds. The van der Waals surface area contributed by atoms with Crippen molar-refractivity contribution in [3.8, 4) is 0 Å². The maximum atomic E-state index is 6.67. The van der Waals surface area contributed by atoms with Crippen LogP contribution in [-0.2, 0) is 0 Å². The lowest BCUT2D eigenvalue weighted by atomic mass is 10.2. The van der Waals surface area contributed by atoms with Crippen LogP contribution in [0.25, 0.3) is 0 Å². The van der Waals surface area contributed by atoms with E-state index in [1.165, 1.54) is 0 Å². The second kappa shape index (κ2) is 3.32. The van der Waals surface area contributed by atoms with E-state index >= 15 is 0 Å². The fraction of sp³-hybridized carbons (Fsp3) is 0.778. The summed E-state index contributed by atoms with van der Waals surface area (Å²) in [6.45, 7) is 7.34. The van der Waals surface area contributed by atoms with E-state index in [-0.39, 0.29) is 5.62 Å². The Kier molecular flexibility index (Phi) is 2.29. The van der Waals surface area contributed by atoms with Crippen molar-refractivity contribution in [2.45, 2.75) is 17.2 Å². The van der Waals surface area contributed by atoms with E-state index in [0.29, 0.717) is 0 Å². The lowest BCUT2D eigenvalue weighted by Crippen LogP contribution is -2.81. The summed E-state index contributed by atoms with van der Waals surface area (Å²) in [6, 6.07) is 0. The predicted molar refractivity (Wildman–Crippen MR) is 59.9 cm³/mol. The van der Waals surface area contributed by atoms with E-state index in [4.69, 9.17) is 23.2 Å². The smallest absolute Gasteiger partial charge is 0.160 e. The molecule has 4 aliphatic heterocycles. The molecule has 6 heteroatoms. The molecular weight excluding hydrogens is 235 g/mol. The molecule has 0 spiro atoms. The van der Waals surface area contributed by atoms with Crippen molar-refractivity contribution >= 4 is 23.2 Å². The second-order valence-corrected chi connectivity index (χ2v) is 5.35. The van der Waals surface area contributed by atoms with E-state index in [9.17, 15) is 0 Å². The third-order valence-corrected chi connectivity index (χ3v) is 4.47. The number of nitrogens with zero attached hydrogens (tertiary/aromatic N) is 4. The summed E-state index contributed by atoms with van der Waals surface area (Å²) in [5.74, 6) is 0. The van der Waals surface area contributed by atoms with Gasteiger partial charge >= 0.3 is 0 Å². The lowest BCUT2D eigenvalue weighted by molar-refractivity contribution is -0.258. The molecule has 4 aliphatic rings. The molecule has 0 aromatic carbocycles. The Hall–Kier alpha value is 0.160. The molecule has 15 heavy (non-hydrogen) atoms. The van der Waals surface area contributed by atoms with Crippen LogP contribution in [0.15, 0.2) is 12.7 Å². The zero-order valence-corrected chi connectivity index (χ0v) is 9.95. The minimum Gasteiger partial charge on any atom is -0.264 e. The summed E-state index contributed by atoms with van der Waals surface area (Å²) in [6.07, 6.45) is 2.60. The Morgan fingerprint density at radius 1 is 1.33 bits per heavy atom. The van der Waals surface area contributed by atoms with Crippen LogP contribution in [-0.4, -0.2) is 57.0 Å². The van der Waals surface area contributed by atoms with E-state index in [1.807, 2.05) is 6.08 Å². The first-order chi connectivity index (χ1) is 7.15. The van der Waals surface area contributed by atoms with Gasteiger partial charge in [-0.2, -0.15) is 0 Å². The van der Waals surface area contributed by atoms with Crippen molar-refractivity contribution < 1.29 is 0 Å². The van der Waals surface area contributed by atoms with Crippen molar-refractivity contribution in [2.75, 3.05) is 26.7 Å². The summed E-state index contributed by atoms with van der Waals surface area (Å²) >= 11 is 13.0. The maximum Gasteiger partial charge on any atom is 0.160 e. The fourth-order valence-electron chi connectivity index (χ4n) is 2.66. The van der Waals surface area contributed by atoms with Gasteiger partial charge in [-0.1, -0.05) is 29.3 Å². The van der Waals surface area contributed by atoms with Crippen LogP contribution >= 0.6 is 23.2 Å². The summed E-state index contributed by atoms with van der Waals surface area (Å²) in [5, 5.41) is -0.471. The van der Waals surface area contributed by atoms with E-state index in [2.05, 4.69) is 26.2 Å². The Bertz CT molecular complexity index is 300. The van der Waals surface area contributed by atoms with Crippen LogP contribution in [0.4, 0.5) is 0 Å². The van der Waals surface area contributed by atoms with E-state index in [1.54, 1.807) is 0 Å². The molecule has 4 bridgehead atoms. The van der Waals surface area contributed by atoms with Gasteiger partial charge in [0.15, 0.2) is 5.12 Å². The van der Waals surface area contributed by atoms with Crippen LogP contribution in [0.1, 0.15) is 6.42 Å². The summed E-state index contributed by atoms with van der Waals surface area (Å²) in [7, 11) is 0. The third-order valence-electron chi connectivity index (χ3n) is 3.34. The SMILES string of the molecule is C=CCC1(Cl)N2CN3CN(C2)C(Cl)N1C3. The molecule has 0 saturated carbocycles. The Labute approximate surface area is 99.6 Å². The standard InChI is InChI=1S/C9H14Cl2N4/c1-2-3-9(11)14-5-12-4-13(7-14)8(10)15(9)6-12/h2,8H,1,3-7H2. The molecule has 0 aliphatic carbocycles. The van der Waals surface area contributed by atoms with Gasteiger partial charge in [0.05, 0.1) is 26.7 Å². The van der Waals surface area contributed by atoms with Crippen molar-refractivity contribution in [2.24, 2.45) is 0 Å². The van der Waals surface area contributed by atoms with E-state index in [0.717, 1.165) is 33.1 Å². The molecule has 6 unspecified atom stereocenters. The van der Waals surface area contributed by atoms with Gasteiger partial charge < -0.3 is 0 Å².